The minimum Gasteiger partial charge on any atom is -0.497 e. The van der Waals surface area contributed by atoms with Gasteiger partial charge in [-0.25, -0.2) is 4.98 Å². The van der Waals surface area contributed by atoms with E-state index in [1.807, 2.05) is 48.5 Å². The van der Waals surface area contributed by atoms with Crippen molar-refractivity contribution < 1.29 is 9.26 Å². The van der Waals surface area contributed by atoms with Crippen LogP contribution >= 0.6 is 0 Å². The van der Waals surface area contributed by atoms with Gasteiger partial charge in [0.2, 0.25) is 5.82 Å². The molecule has 0 atom stereocenters. The molecule has 2 heterocycles. The lowest BCUT2D eigenvalue weighted by Gasteiger charge is -2.03. The van der Waals surface area contributed by atoms with E-state index in [1.54, 1.807) is 7.11 Å². The van der Waals surface area contributed by atoms with Crippen LogP contribution in [0.2, 0.25) is 0 Å². The molecule has 0 saturated heterocycles. The monoisotopic (exact) mass is 348 g/mol. The fourth-order valence-corrected chi connectivity index (χ4v) is 2.53. The lowest BCUT2D eigenvalue weighted by molar-refractivity contribution is 0.414. The minimum absolute atomic E-state index is 0.355. The van der Waals surface area contributed by atoms with E-state index < -0.39 is 0 Å². The number of benzene rings is 2. The number of methoxy groups -OCH3 is 1. The summed E-state index contributed by atoms with van der Waals surface area (Å²) >= 11 is 0. The first-order chi connectivity index (χ1) is 12.8. The zero-order valence-corrected chi connectivity index (χ0v) is 14.0. The van der Waals surface area contributed by atoms with E-state index in [4.69, 9.17) is 9.26 Å². The van der Waals surface area contributed by atoms with Gasteiger partial charge in [-0.05, 0) is 23.8 Å². The second-order valence-electron chi connectivity index (χ2n) is 5.54. The number of rotatable bonds is 6. The van der Waals surface area contributed by atoms with Gasteiger partial charge in [-0.15, -0.1) is 0 Å². The molecule has 0 aliphatic carbocycles. The van der Waals surface area contributed by atoms with Crippen molar-refractivity contribution >= 4 is 6.01 Å². The van der Waals surface area contributed by atoms with Crippen molar-refractivity contribution in [3.8, 4) is 28.5 Å². The average molecular weight is 348 g/mol. The summed E-state index contributed by atoms with van der Waals surface area (Å²) in [5, 5.41) is 13.9. The van der Waals surface area contributed by atoms with E-state index in [0.717, 1.165) is 28.3 Å². The highest BCUT2D eigenvalue weighted by molar-refractivity contribution is 5.58. The first-order valence-electron chi connectivity index (χ1n) is 7.98. The number of hydrogen-bond acceptors (Lipinski definition) is 7. The zero-order valence-electron chi connectivity index (χ0n) is 14.0. The van der Waals surface area contributed by atoms with Crippen molar-refractivity contribution in [1.29, 1.82) is 0 Å². The topological polar surface area (TPSA) is 102 Å². The van der Waals surface area contributed by atoms with Crippen molar-refractivity contribution in [2.24, 2.45) is 0 Å². The van der Waals surface area contributed by atoms with Crippen molar-refractivity contribution in [1.82, 2.24) is 25.3 Å². The van der Waals surface area contributed by atoms with Gasteiger partial charge >= 0.3 is 6.01 Å². The zero-order chi connectivity index (χ0) is 17.8. The quantitative estimate of drug-likeness (QED) is 0.552. The Labute approximate surface area is 149 Å². The molecule has 130 valence electrons. The van der Waals surface area contributed by atoms with Crippen LogP contribution in [0.5, 0.6) is 5.75 Å². The van der Waals surface area contributed by atoms with Crippen molar-refractivity contribution in [3.05, 3.63) is 60.4 Å². The van der Waals surface area contributed by atoms with Gasteiger partial charge in [-0.1, -0.05) is 35.5 Å². The van der Waals surface area contributed by atoms with Gasteiger partial charge in [0.1, 0.15) is 12.1 Å². The SMILES string of the molecule is COc1cccc(-c2noc(NCc3cccc(-c4ncn[nH]4)c3)n2)c1. The highest BCUT2D eigenvalue weighted by Crippen LogP contribution is 2.22. The molecule has 0 saturated carbocycles. The Morgan fingerprint density at radius 3 is 2.85 bits per heavy atom. The minimum atomic E-state index is 0.355. The molecule has 0 radical (unpaired) electrons. The van der Waals surface area contributed by atoms with Gasteiger partial charge in [0.15, 0.2) is 5.82 Å². The molecular formula is C18H16N6O2. The maximum absolute atomic E-state index is 5.28. The van der Waals surface area contributed by atoms with Gasteiger partial charge in [0, 0.05) is 17.7 Å². The third kappa shape index (κ3) is 3.39. The maximum atomic E-state index is 5.28. The molecule has 2 aromatic heterocycles. The van der Waals surface area contributed by atoms with Crippen molar-refractivity contribution in [2.45, 2.75) is 6.54 Å². The van der Waals surface area contributed by atoms with Crippen LogP contribution in [0.15, 0.2) is 59.4 Å². The second-order valence-corrected chi connectivity index (χ2v) is 5.54. The summed E-state index contributed by atoms with van der Waals surface area (Å²) in [5.41, 5.74) is 2.85. The number of aromatic nitrogens is 5. The highest BCUT2D eigenvalue weighted by atomic mass is 16.5. The van der Waals surface area contributed by atoms with Crippen molar-refractivity contribution in [2.75, 3.05) is 12.4 Å². The first kappa shape index (κ1) is 15.8. The summed E-state index contributed by atoms with van der Waals surface area (Å²) in [4.78, 5) is 8.53. The molecule has 4 aromatic rings. The fourth-order valence-electron chi connectivity index (χ4n) is 2.53. The second kappa shape index (κ2) is 7.06. The van der Waals surface area contributed by atoms with E-state index in [9.17, 15) is 0 Å². The number of H-pyrrole nitrogens is 1. The standard InChI is InChI=1S/C18H16N6O2/c1-25-15-7-3-6-14(9-15)17-22-18(26-24-17)19-10-12-4-2-5-13(8-12)16-20-11-21-23-16/h2-9,11H,10H2,1H3,(H,19,22,24)(H,20,21,23). The third-order valence-corrected chi connectivity index (χ3v) is 3.81. The number of aromatic amines is 1. The molecule has 0 bridgehead atoms. The van der Waals surface area contributed by atoms with E-state index in [0.29, 0.717) is 18.4 Å². The van der Waals surface area contributed by atoms with Crippen LogP contribution in [0.25, 0.3) is 22.8 Å². The number of anilines is 1. The Bertz CT molecular complexity index is 996. The van der Waals surface area contributed by atoms with Gasteiger partial charge in [0.25, 0.3) is 0 Å². The van der Waals surface area contributed by atoms with E-state index >= 15 is 0 Å². The Hall–Kier alpha value is -3.68. The molecule has 8 heteroatoms. The molecule has 4 rings (SSSR count). The largest absolute Gasteiger partial charge is 0.497 e. The predicted molar refractivity (Wildman–Crippen MR) is 95.4 cm³/mol. The Balaban J connectivity index is 1.46. The molecule has 0 fully saturated rings. The summed E-state index contributed by atoms with van der Waals surface area (Å²) in [7, 11) is 1.62. The third-order valence-electron chi connectivity index (χ3n) is 3.81. The summed E-state index contributed by atoms with van der Waals surface area (Å²) < 4.78 is 10.5. The van der Waals surface area contributed by atoms with Crippen LogP contribution in [0.3, 0.4) is 0 Å². The van der Waals surface area contributed by atoms with Gasteiger partial charge < -0.3 is 14.6 Å². The lowest BCUT2D eigenvalue weighted by atomic mass is 10.1. The number of nitrogens with one attached hydrogen (secondary N) is 2. The summed E-state index contributed by atoms with van der Waals surface area (Å²) in [6.45, 7) is 0.543. The van der Waals surface area contributed by atoms with E-state index in [2.05, 4.69) is 30.6 Å². The summed E-state index contributed by atoms with van der Waals surface area (Å²) in [6.07, 6.45) is 1.48. The number of ether oxygens (including phenoxy) is 1. The van der Waals surface area contributed by atoms with Crippen LogP contribution in [0.1, 0.15) is 5.56 Å². The molecular weight excluding hydrogens is 332 g/mol. The molecule has 0 amide bonds. The summed E-state index contributed by atoms with van der Waals surface area (Å²) in [5.74, 6) is 1.97. The van der Waals surface area contributed by atoms with Crippen LogP contribution in [0, 0.1) is 0 Å². The summed E-state index contributed by atoms with van der Waals surface area (Å²) in [6, 6.07) is 15.8. The van der Waals surface area contributed by atoms with Crippen LogP contribution in [-0.4, -0.2) is 32.4 Å². The van der Waals surface area contributed by atoms with Gasteiger partial charge in [-0.2, -0.15) is 10.1 Å². The van der Waals surface area contributed by atoms with Gasteiger partial charge in [0.05, 0.1) is 7.11 Å². The number of hydrogen-bond donors (Lipinski definition) is 2. The molecule has 0 spiro atoms. The van der Waals surface area contributed by atoms with Crippen LogP contribution < -0.4 is 10.1 Å². The molecule has 26 heavy (non-hydrogen) atoms. The van der Waals surface area contributed by atoms with E-state index in [1.165, 1.54) is 6.33 Å². The smallest absolute Gasteiger partial charge is 0.322 e. The Morgan fingerprint density at radius 1 is 1.12 bits per heavy atom. The lowest BCUT2D eigenvalue weighted by Crippen LogP contribution is -2.00. The van der Waals surface area contributed by atoms with Crippen LogP contribution in [0.4, 0.5) is 6.01 Å². The molecule has 8 nitrogen and oxygen atoms in total. The Morgan fingerprint density at radius 2 is 2.00 bits per heavy atom. The Kier molecular flexibility index (Phi) is 4.29. The molecule has 2 aromatic carbocycles. The molecule has 0 aliphatic heterocycles. The normalized spacial score (nSPS) is 10.7. The average Bonchev–Trinajstić information content (AvgIpc) is 3.39. The maximum Gasteiger partial charge on any atom is 0.322 e. The number of nitrogens with zero attached hydrogens (tertiary/aromatic N) is 4. The molecule has 0 aliphatic rings. The predicted octanol–water partition coefficient (Wildman–Crippen LogP) is 3.14. The molecule has 2 N–H and O–H groups in total. The molecule has 0 unspecified atom stereocenters. The van der Waals surface area contributed by atoms with Crippen molar-refractivity contribution in [3.63, 3.8) is 0 Å². The van der Waals surface area contributed by atoms with E-state index in [-0.39, 0.29) is 0 Å². The fraction of sp³-hybridized carbons (Fsp3) is 0.111. The van der Waals surface area contributed by atoms with Gasteiger partial charge in [-0.3, -0.25) is 5.10 Å². The first-order valence-corrected chi connectivity index (χ1v) is 7.98. The van der Waals surface area contributed by atoms with Crippen LogP contribution in [-0.2, 0) is 6.54 Å². The highest BCUT2D eigenvalue weighted by Gasteiger charge is 2.09.